The zero-order chi connectivity index (χ0) is 20.8. The Morgan fingerprint density at radius 3 is 2.34 bits per heavy atom. The number of amides is 2. The summed E-state index contributed by atoms with van der Waals surface area (Å²) in [5.74, 6) is -0.259. The first-order valence-electron chi connectivity index (χ1n) is 9.54. The lowest BCUT2D eigenvalue weighted by atomic mass is 10.1. The Labute approximate surface area is 169 Å². The van der Waals surface area contributed by atoms with Gasteiger partial charge in [-0.25, -0.2) is 4.79 Å². The summed E-state index contributed by atoms with van der Waals surface area (Å²) in [6.45, 7) is 2.20. The quantitative estimate of drug-likeness (QED) is 0.757. The highest BCUT2D eigenvalue weighted by Crippen LogP contribution is 2.22. The van der Waals surface area contributed by atoms with E-state index in [1.54, 1.807) is 60.5 Å². The first kappa shape index (κ1) is 20.4. The van der Waals surface area contributed by atoms with Crippen molar-refractivity contribution >= 4 is 29.2 Å². The summed E-state index contributed by atoms with van der Waals surface area (Å²) in [5.41, 5.74) is 1.66. The van der Waals surface area contributed by atoms with Gasteiger partial charge in [-0.15, -0.1) is 0 Å². The van der Waals surface area contributed by atoms with Gasteiger partial charge in [0.05, 0.1) is 12.7 Å². The Morgan fingerprint density at radius 2 is 1.72 bits per heavy atom. The number of rotatable bonds is 6. The highest BCUT2D eigenvalue weighted by molar-refractivity contribution is 5.98. The van der Waals surface area contributed by atoms with Crippen LogP contribution in [0.3, 0.4) is 0 Å². The molecule has 2 aromatic rings. The van der Waals surface area contributed by atoms with Crippen molar-refractivity contribution < 1.29 is 23.9 Å². The fraction of sp³-hybridized carbons (Fsp3) is 0.318. The van der Waals surface area contributed by atoms with Gasteiger partial charge in [-0.1, -0.05) is 0 Å². The number of anilines is 2. The van der Waals surface area contributed by atoms with Crippen LogP contribution >= 0.6 is 0 Å². The van der Waals surface area contributed by atoms with E-state index in [0.717, 1.165) is 18.5 Å². The Bertz CT molecular complexity index is 877. The molecule has 1 aliphatic heterocycles. The number of carbonyl (C=O) groups excluding carboxylic acids is 3. The molecule has 1 aliphatic rings. The highest BCUT2D eigenvalue weighted by atomic mass is 16.5. The lowest BCUT2D eigenvalue weighted by molar-refractivity contribution is -0.123. The lowest BCUT2D eigenvalue weighted by Crippen LogP contribution is -2.35. The van der Waals surface area contributed by atoms with Crippen LogP contribution in [0.1, 0.15) is 36.5 Å². The Balaban J connectivity index is 1.57. The number of methoxy groups -OCH3 is 1. The Hall–Kier alpha value is -3.35. The van der Waals surface area contributed by atoms with Crippen molar-refractivity contribution in [3.05, 3.63) is 54.1 Å². The monoisotopic (exact) mass is 396 g/mol. The fourth-order valence-corrected chi connectivity index (χ4v) is 3.06. The summed E-state index contributed by atoms with van der Waals surface area (Å²) in [4.78, 5) is 38.3. The van der Waals surface area contributed by atoms with Crippen molar-refractivity contribution in [3.63, 3.8) is 0 Å². The van der Waals surface area contributed by atoms with Gasteiger partial charge in [-0.3, -0.25) is 9.59 Å². The minimum atomic E-state index is -0.965. The average molecular weight is 396 g/mol. The SMILES string of the molecule is COc1ccc(NC(=O)C(C)OC(=O)c2ccc(N3CCCCC3=O)cc2)cc1. The van der Waals surface area contributed by atoms with Gasteiger partial charge in [-0.05, 0) is 68.3 Å². The second kappa shape index (κ2) is 9.23. The largest absolute Gasteiger partial charge is 0.497 e. The zero-order valence-corrected chi connectivity index (χ0v) is 16.5. The first-order valence-corrected chi connectivity index (χ1v) is 9.54. The molecule has 2 aromatic carbocycles. The maximum absolute atomic E-state index is 12.3. The van der Waals surface area contributed by atoms with Gasteiger partial charge in [0.25, 0.3) is 5.91 Å². The number of esters is 1. The van der Waals surface area contributed by atoms with Crippen molar-refractivity contribution in [1.82, 2.24) is 0 Å². The lowest BCUT2D eigenvalue weighted by Gasteiger charge is -2.26. The molecule has 1 N–H and O–H groups in total. The van der Waals surface area contributed by atoms with Gasteiger partial charge in [0.1, 0.15) is 5.75 Å². The molecule has 3 rings (SSSR count). The normalized spacial score (nSPS) is 14.8. The van der Waals surface area contributed by atoms with Crippen molar-refractivity contribution in [2.45, 2.75) is 32.3 Å². The molecule has 0 saturated carbocycles. The van der Waals surface area contributed by atoms with Gasteiger partial charge < -0.3 is 19.7 Å². The predicted octanol–water partition coefficient (Wildman–Crippen LogP) is 3.40. The van der Waals surface area contributed by atoms with Crippen LogP contribution in [-0.2, 0) is 14.3 Å². The van der Waals surface area contributed by atoms with Gasteiger partial charge >= 0.3 is 5.97 Å². The molecule has 2 amide bonds. The van der Waals surface area contributed by atoms with E-state index in [0.29, 0.717) is 30.0 Å². The van der Waals surface area contributed by atoms with E-state index in [2.05, 4.69) is 5.32 Å². The summed E-state index contributed by atoms with van der Waals surface area (Å²) >= 11 is 0. The van der Waals surface area contributed by atoms with E-state index in [1.165, 1.54) is 6.92 Å². The van der Waals surface area contributed by atoms with E-state index in [-0.39, 0.29) is 5.91 Å². The molecule has 0 radical (unpaired) electrons. The molecule has 29 heavy (non-hydrogen) atoms. The highest BCUT2D eigenvalue weighted by Gasteiger charge is 2.21. The second-order valence-corrected chi connectivity index (χ2v) is 6.81. The third-order valence-corrected chi connectivity index (χ3v) is 4.75. The van der Waals surface area contributed by atoms with Gasteiger partial charge in [0.15, 0.2) is 6.10 Å². The maximum atomic E-state index is 12.3. The third-order valence-electron chi connectivity index (χ3n) is 4.75. The minimum absolute atomic E-state index is 0.0930. The van der Waals surface area contributed by atoms with Crippen LogP contribution in [0.4, 0.5) is 11.4 Å². The van der Waals surface area contributed by atoms with E-state index in [9.17, 15) is 14.4 Å². The van der Waals surface area contributed by atoms with Crippen LogP contribution in [0.5, 0.6) is 5.75 Å². The van der Waals surface area contributed by atoms with E-state index in [4.69, 9.17) is 9.47 Å². The van der Waals surface area contributed by atoms with Crippen LogP contribution in [0, 0.1) is 0 Å². The molecule has 0 bridgehead atoms. The van der Waals surface area contributed by atoms with E-state index < -0.39 is 18.0 Å². The summed E-state index contributed by atoms with van der Waals surface area (Å²) in [5, 5.41) is 2.69. The number of ether oxygens (including phenoxy) is 2. The molecule has 0 spiro atoms. The molecule has 7 heteroatoms. The average Bonchev–Trinajstić information content (AvgIpc) is 2.74. The topological polar surface area (TPSA) is 84.9 Å². The number of piperidine rings is 1. The third kappa shape index (κ3) is 5.13. The fourth-order valence-electron chi connectivity index (χ4n) is 3.06. The van der Waals surface area contributed by atoms with Crippen molar-refractivity contribution in [3.8, 4) is 5.75 Å². The van der Waals surface area contributed by atoms with Crippen molar-refractivity contribution in [2.24, 2.45) is 0 Å². The standard InChI is InChI=1S/C22H24N2O5/c1-15(21(26)23-17-8-12-19(28-2)13-9-17)29-22(27)16-6-10-18(11-7-16)24-14-4-3-5-20(24)25/h6-13,15H,3-5,14H2,1-2H3,(H,23,26). The molecule has 0 aliphatic carbocycles. The Morgan fingerprint density at radius 1 is 1.03 bits per heavy atom. The molecule has 152 valence electrons. The number of nitrogens with zero attached hydrogens (tertiary/aromatic N) is 1. The van der Waals surface area contributed by atoms with E-state index in [1.807, 2.05) is 0 Å². The molecule has 0 aromatic heterocycles. The minimum Gasteiger partial charge on any atom is -0.497 e. The summed E-state index contributed by atoms with van der Waals surface area (Å²) in [7, 11) is 1.56. The number of nitrogens with one attached hydrogen (secondary N) is 1. The first-order chi connectivity index (χ1) is 14.0. The molecule has 1 atom stereocenters. The number of benzene rings is 2. The molecule has 1 fully saturated rings. The van der Waals surface area contributed by atoms with Crippen molar-refractivity contribution in [2.75, 3.05) is 23.9 Å². The summed E-state index contributed by atoms with van der Waals surface area (Å²) in [6.07, 6.45) is 1.46. The predicted molar refractivity (Wildman–Crippen MR) is 109 cm³/mol. The van der Waals surface area contributed by atoms with Crippen LogP contribution < -0.4 is 15.0 Å². The Kier molecular flexibility index (Phi) is 6.49. The smallest absolute Gasteiger partial charge is 0.338 e. The number of hydrogen-bond donors (Lipinski definition) is 1. The second-order valence-electron chi connectivity index (χ2n) is 6.81. The van der Waals surface area contributed by atoms with Crippen LogP contribution in [0.2, 0.25) is 0 Å². The maximum Gasteiger partial charge on any atom is 0.338 e. The molecule has 7 nitrogen and oxygen atoms in total. The van der Waals surface area contributed by atoms with E-state index >= 15 is 0 Å². The van der Waals surface area contributed by atoms with Gasteiger partial charge in [0.2, 0.25) is 5.91 Å². The molecule has 1 heterocycles. The van der Waals surface area contributed by atoms with Gasteiger partial charge in [-0.2, -0.15) is 0 Å². The molecule has 1 unspecified atom stereocenters. The van der Waals surface area contributed by atoms with Crippen LogP contribution in [0.15, 0.2) is 48.5 Å². The van der Waals surface area contributed by atoms with Crippen LogP contribution in [0.25, 0.3) is 0 Å². The zero-order valence-electron chi connectivity index (χ0n) is 16.5. The van der Waals surface area contributed by atoms with Crippen LogP contribution in [-0.4, -0.2) is 37.5 Å². The number of hydrogen-bond acceptors (Lipinski definition) is 5. The molecular weight excluding hydrogens is 372 g/mol. The summed E-state index contributed by atoms with van der Waals surface area (Å²) < 4.78 is 10.3. The van der Waals surface area contributed by atoms with Gasteiger partial charge in [0, 0.05) is 24.3 Å². The van der Waals surface area contributed by atoms with Crippen molar-refractivity contribution in [1.29, 1.82) is 0 Å². The molecule has 1 saturated heterocycles. The number of carbonyl (C=O) groups is 3. The summed E-state index contributed by atoms with van der Waals surface area (Å²) in [6, 6.07) is 13.5. The molecular formula is C22H24N2O5.